The molecule has 0 nitrogen and oxygen atoms in total. The minimum atomic E-state index is -0.0667. The lowest BCUT2D eigenvalue weighted by molar-refractivity contribution is 0.607. The lowest BCUT2D eigenvalue weighted by atomic mass is 10.1. The zero-order chi connectivity index (χ0) is 8.59. The van der Waals surface area contributed by atoms with Crippen LogP contribution in [0, 0.1) is 30.2 Å². The van der Waals surface area contributed by atoms with Crippen molar-refractivity contribution in [1.29, 1.82) is 0 Å². The van der Waals surface area contributed by atoms with Gasteiger partial charge in [-0.25, -0.2) is 4.39 Å². The highest BCUT2D eigenvalue weighted by molar-refractivity contribution is 14.1. The topological polar surface area (TPSA) is 0 Å². The van der Waals surface area contributed by atoms with E-state index in [1.54, 1.807) is 6.92 Å². The predicted molar refractivity (Wildman–Crippen MR) is 53.3 cm³/mol. The summed E-state index contributed by atoms with van der Waals surface area (Å²) in [5.41, 5.74) is 2.56. The van der Waals surface area contributed by atoms with Crippen LogP contribution < -0.4 is 0 Å². The highest BCUT2D eigenvalue weighted by Gasteiger charge is 2.06. The number of aryl methyl sites for hydroxylation is 1. The van der Waals surface area contributed by atoms with E-state index in [1.807, 2.05) is 19.9 Å². The van der Waals surface area contributed by atoms with Gasteiger partial charge in [0.15, 0.2) is 0 Å². The molecule has 1 rings (SSSR count). The van der Waals surface area contributed by atoms with Crippen LogP contribution in [0.15, 0.2) is 6.07 Å². The summed E-state index contributed by atoms with van der Waals surface area (Å²) >= 11 is 2.23. The van der Waals surface area contributed by atoms with E-state index in [0.29, 0.717) is 0 Å². The van der Waals surface area contributed by atoms with Gasteiger partial charge in [0.2, 0.25) is 0 Å². The first-order chi connectivity index (χ1) is 5.04. The molecule has 0 radical (unpaired) electrons. The van der Waals surface area contributed by atoms with Gasteiger partial charge in [-0.3, -0.25) is 0 Å². The first kappa shape index (κ1) is 8.97. The number of hydrogen-bond donors (Lipinski definition) is 0. The van der Waals surface area contributed by atoms with Crippen LogP contribution in [0.1, 0.15) is 16.7 Å². The first-order valence-electron chi connectivity index (χ1n) is 3.46. The summed E-state index contributed by atoms with van der Waals surface area (Å²) in [5.74, 6) is -0.0667. The predicted octanol–water partition coefficient (Wildman–Crippen LogP) is 3.36. The van der Waals surface area contributed by atoms with Crippen LogP contribution in [0.25, 0.3) is 0 Å². The van der Waals surface area contributed by atoms with E-state index < -0.39 is 0 Å². The maximum atomic E-state index is 13.2. The molecule has 0 unspecified atom stereocenters. The summed E-state index contributed by atoms with van der Waals surface area (Å²) in [7, 11) is 0. The Kier molecular flexibility index (Phi) is 2.52. The molecule has 0 saturated heterocycles. The second-order valence-corrected chi connectivity index (χ2v) is 3.90. The van der Waals surface area contributed by atoms with E-state index in [-0.39, 0.29) is 5.82 Å². The number of hydrogen-bond acceptors (Lipinski definition) is 0. The molecular weight excluding hydrogens is 254 g/mol. The number of benzene rings is 1. The van der Waals surface area contributed by atoms with E-state index in [4.69, 9.17) is 0 Å². The minimum absolute atomic E-state index is 0.0667. The van der Waals surface area contributed by atoms with Gasteiger partial charge in [0.25, 0.3) is 0 Å². The van der Waals surface area contributed by atoms with Crippen molar-refractivity contribution in [3.8, 4) is 0 Å². The molecule has 0 aliphatic heterocycles. The summed E-state index contributed by atoms with van der Waals surface area (Å²) in [4.78, 5) is 0. The van der Waals surface area contributed by atoms with Gasteiger partial charge in [0, 0.05) is 3.57 Å². The van der Waals surface area contributed by atoms with E-state index in [1.165, 1.54) is 0 Å². The third kappa shape index (κ3) is 1.55. The monoisotopic (exact) mass is 264 g/mol. The molecule has 0 amide bonds. The third-order valence-electron chi connectivity index (χ3n) is 1.94. The Bertz CT molecular complexity index is 266. The van der Waals surface area contributed by atoms with Crippen LogP contribution in [0.5, 0.6) is 0 Å². The fourth-order valence-corrected chi connectivity index (χ4v) is 1.87. The maximum Gasteiger partial charge on any atom is 0.129 e. The van der Waals surface area contributed by atoms with Gasteiger partial charge in [0.1, 0.15) is 5.82 Å². The summed E-state index contributed by atoms with van der Waals surface area (Å²) < 4.78 is 14.3. The largest absolute Gasteiger partial charge is 0.206 e. The van der Waals surface area contributed by atoms with Gasteiger partial charge in [-0.05, 0) is 66.1 Å². The molecule has 1 aromatic carbocycles. The highest BCUT2D eigenvalue weighted by atomic mass is 127. The van der Waals surface area contributed by atoms with Crippen molar-refractivity contribution < 1.29 is 4.39 Å². The van der Waals surface area contributed by atoms with Gasteiger partial charge < -0.3 is 0 Å². The summed E-state index contributed by atoms with van der Waals surface area (Å²) in [6.07, 6.45) is 0. The molecule has 60 valence electrons. The van der Waals surface area contributed by atoms with Gasteiger partial charge in [-0.1, -0.05) is 0 Å². The van der Waals surface area contributed by atoms with Gasteiger partial charge in [0.05, 0.1) is 0 Å². The summed E-state index contributed by atoms with van der Waals surface area (Å²) in [6.45, 7) is 5.56. The molecule has 1 aromatic rings. The first-order valence-corrected chi connectivity index (χ1v) is 4.53. The van der Waals surface area contributed by atoms with Crippen molar-refractivity contribution in [2.75, 3.05) is 0 Å². The summed E-state index contributed by atoms with van der Waals surface area (Å²) in [6, 6.07) is 1.87. The second-order valence-electron chi connectivity index (χ2n) is 2.74. The molecular formula is C9H10FI. The Morgan fingerprint density at radius 3 is 2.27 bits per heavy atom. The molecule has 0 aliphatic carbocycles. The molecule has 0 bridgehead atoms. The standard InChI is InChI=1S/C9H10FI/c1-5-4-8(11)6(2)7(3)9(5)10/h4H,1-3H3. The van der Waals surface area contributed by atoms with Gasteiger partial charge in [-0.2, -0.15) is 0 Å². The Morgan fingerprint density at radius 2 is 1.73 bits per heavy atom. The van der Waals surface area contributed by atoms with Crippen molar-refractivity contribution >= 4 is 22.6 Å². The smallest absolute Gasteiger partial charge is 0.129 e. The fourth-order valence-electron chi connectivity index (χ4n) is 1.00. The molecule has 0 fully saturated rings. The van der Waals surface area contributed by atoms with Crippen molar-refractivity contribution in [3.63, 3.8) is 0 Å². The lowest BCUT2D eigenvalue weighted by Crippen LogP contribution is -1.94. The zero-order valence-electron chi connectivity index (χ0n) is 6.83. The van der Waals surface area contributed by atoms with E-state index in [9.17, 15) is 4.39 Å². The molecule has 0 heterocycles. The molecule has 0 spiro atoms. The highest BCUT2D eigenvalue weighted by Crippen LogP contribution is 2.21. The zero-order valence-corrected chi connectivity index (χ0v) is 8.99. The van der Waals surface area contributed by atoms with Crippen LogP contribution in [-0.2, 0) is 0 Å². The Hall–Kier alpha value is -0.120. The SMILES string of the molecule is Cc1cc(I)c(C)c(C)c1F. The van der Waals surface area contributed by atoms with Crippen LogP contribution >= 0.6 is 22.6 Å². The van der Waals surface area contributed by atoms with Crippen molar-refractivity contribution in [3.05, 3.63) is 32.1 Å². The number of rotatable bonds is 0. The average molecular weight is 264 g/mol. The van der Waals surface area contributed by atoms with Crippen molar-refractivity contribution in [1.82, 2.24) is 0 Å². The van der Waals surface area contributed by atoms with Gasteiger partial charge >= 0.3 is 0 Å². The maximum absolute atomic E-state index is 13.2. The molecule has 0 saturated carbocycles. The quantitative estimate of drug-likeness (QED) is 0.630. The van der Waals surface area contributed by atoms with Crippen LogP contribution in [0.3, 0.4) is 0 Å². The minimum Gasteiger partial charge on any atom is -0.206 e. The Labute approximate surface area is 80.0 Å². The molecule has 11 heavy (non-hydrogen) atoms. The fraction of sp³-hybridized carbons (Fsp3) is 0.333. The average Bonchev–Trinajstić information content (AvgIpc) is 1.97. The molecule has 0 atom stereocenters. The van der Waals surface area contributed by atoms with E-state index in [0.717, 1.165) is 20.3 Å². The molecule has 0 aromatic heterocycles. The van der Waals surface area contributed by atoms with Crippen molar-refractivity contribution in [2.24, 2.45) is 0 Å². The van der Waals surface area contributed by atoms with Crippen LogP contribution in [0.4, 0.5) is 4.39 Å². The summed E-state index contributed by atoms with van der Waals surface area (Å²) in [5, 5.41) is 0. The van der Waals surface area contributed by atoms with E-state index >= 15 is 0 Å². The van der Waals surface area contributed by atoms with Crippen LogP contribution in [-0.4, -0.2) is 0 Å². The lowest BCUT2D eigenvalue weighted by Gasteiger charge is -2.06. The number of halogens is 2. The normalized spacial score (nSPS) is 10.3. The third-order valence-corrected chi connectivity index (χ3v) is 3.06. The van der Waals surface area contributed by atoms with Crippen molar-refractivity contribution in [2.45, 2.75) is 20.8 Å². The second kappa shape index (κ2) is 3.09. The molecule has 0 aliphatic rings. The Morgan fingerprint density at radius 1 is 1.18 bits per heavy atom. The van der Waals surface area contributed by atoms with E-state index in [2.05, 4.69) is 22.6 Å². The Balaban J connectivity index is 3.46. The molecule has 0 N–H and O–H groups in total. The van der Waals surface area contributed by atoms with Gasteiger partial charge in [-0.15, -0.1) is 0 Å². The van der Waals surface area contributed by atoms with Crippen LogP contribution in [0.2, 0.25) is 0 Å². The molecule has 2 heteroatoms.